The van der Waals surface area contributed by atoms with Crippen molar-refractivity contribution in [3.8, 4) is 11.5 Å². The number of nitrogens with zero attached hydrogens (tertiary/aromatic N) is 3. The van der Waals surface area contributed by atoms with Gasteiger partial charge in [0.15, 0.2) is 11.5 Å². The number of carboxylic acids is 1. The number of hydrogen-bond donors (Lipinski definition) is 1. The van der Waals surface area contributed by atoms with Gasteiger partial charge in [-0.2, -0.15) is 0 Å². The average molecular weight is 279 g/mol. The summed E-state index contributed by atoms with van der Waals surface area (Å²) in [7, 11) is 0. The van der Waals surface area contributed by atoms with Crippen molar-refractivity contribution >= 4 is 16.9 Å². The molecule has 0 bridgehead atoms. The molecule has 1 N–H and O–H groups in total. The molecule has 0 aliphatic carbocycles. The summed E-state index contributed by atoms with van der Waals surface area (Å²) in [5.74, 6) is -0.739. The lowest BCUT2D eigenvalue weighted by atomic mass is 10.1. The van der Waals surface area contributed by atoms with Crippen LogP contribution in [0.4, 0.5) is 0 Å². The summed E-state index contributed by atoms with van der Waals surface area (Å²) < 4.78 is 0. The van der Waals surface area contributed by atoms with Gasteiger partial charge in [-0.25, -0.2) is 14.8 Å². The molecular formula is C16H13N3O2. The molecule has 3 rings (SSSR count). The minimum atomic E-state index is -1.07. The minimum absolute atomic E-state index is 0.00690. The molecule has 3 aromatic rings. The number of rotatable bonds is 2. The molecule has 0 spiro atoms. The number of pyridine rings is 1. The normalized spacial score (nSPS) is 10.8. The molecule has 1 aromatic carbocycles. The molecule has 0 aliphatic heterocycles. The van der Waals surface area contributed by atoms with E-state index in [-0.39, 0.29) is 5.69 Å². The van der Waals surface area contributed by atoms with Crippen molar-refractivity contribution in [1.29, 1.82) is 0 Å². The molecule has 0 unspecified atom stereocenters. The molecule has 5 nitrogen and oxygen atoms in total. The third-order valence-corrected chi connectivity index (χ3v) is 3.23. The highest BCUT2D eigenvalue weighted by Crippen LogP contribution is 2.24. The molecule has 2 heterocycles. The first kappa shape index (κ1) is 13.2. The average Bonchev–Trinajstić information content (AvgIpc) is 2.47. The molecule has 0 atom stereocenters. The second-order valence-electron chi connectivity index (χ2n) is 4.89. The van der Waals surface area contributed by atoms with Gasteiger partial charge < -0.3 is 5.11 Å². The van der Waals surface area contributed by atoms with Crippen LogP contribution in [0.15, 0.2) is 36.5 Å². The van der Waals surface area contributed by atoms with Crippen LogP contribution >= 0.6 is 0 Å². The number of benzene rings is 1. The zero-order valence-electron chi connectivity index (χ0n) is 11.7. The van der Waals surface area contributed by atoms with E-state index in [1.54, 1.807) is 24.4 Å². The molecule has 104 valence electrons. The summed E-state index contributed by atoms with van der Waals surface area (Å²) in [5.41, 5.74) is 3.12. The number of carboxylic acid groups (broad SMARTS) is 1. The van der Waals surface area contributed by atoms with Crippen molar-refractivity contribution in [3.05, 3.63) is 53.3 Å². The van der Waals surface area contributed by atoms with E-state index >= 15 is 0 Å². The summed E-state index contributed by atoms with van der Waals surface area (Å²) in [5, 5.41) is 9.98. The molecule has 0 saturated heterocycles. The van der Waals surface area contributed by atoms with E-state index in [4.69, 9.17) is 0 Å². The van der Waals surface area contributed by atoms with Crippen LogP contribution in [0.25, 0.3) is 22.4 Å². The standard InChI is InChI=1S/C16H13N3O2/c1-9-7-10(2)13-11(8-9)14(16(20)21)19-15(18-13)12-5-3-4-6-17-12/h3-8H,1-2H3,(H,20,21). The molecule has 5 heteroatoms. The molecule has 21 heavy (non-hydrogen) atoms. The number of aromatic nitrogens is 3. The quantitative estimate of drug-likeness (QED) is 0.780. The molecule has 0 fully saturated rings. The maximum Gasteiger partial charge on any atom is 0.355 e. The summed E-state index contributed by atoms with van der Waals surface area (Å²) in [6.07, 6.45) is 1.63. The maximum atomic E-state index is 11.5. The maximum absolute atomic E-state index is 11.5. The lowest BCUT2D eigenvalue weighted by Gasteiger charge is -2.08. The fraction of sp³-hybridized carbons (Fsp3) is 0.125. The fourth-order valence-electron chi connectivity index (χ4n) is 2.36. The summed E-state index contributed by atoms with van der Waals surface area (Å²) >= 11 is 0. The minimum Gasteiger partial charge on any atom is -0.476 e. The molecular weight excluding hydrogens is 266 g/mol. The Hall–Kier alpha value is -2.82. The smallest absolute Gasteiger partial charge is 0.355 e. The van der Waals surface area contributed by atoms with Gasteiger partial charge in [0.05, 0.1) is 5.52 Å². The van der Waals surface area contributed by atoms with Gasteiger partial charge in [-0.05, 0) is 37.6 Å². The predicted molar refractivity (Wildman–Crippen MR) is 79.2 cm³/mol. The Morgan fingerprint density at radius 1 is 1.14 bits per heavy atom. The SMILES string of the molecule is Cc1cc(C)c2nc(-c3ccccn3)nc(C(=O)O)c2c1. The van der Waals surface area contributed by atoms with E-state index in [0.29, 0.717) is 22.4 Å². The topological polar surface area (TPSA) is 76.0 Å². The first-order valence-corrected chi connectivity index (χ1v) is 6.50. The summed E-state index contributed by atoms with van der Waals surface area (Å²) in [6, 6.07) is 9.14. The monoisotopic (exact) mass is 279 g/mol. The van der Waals surface area contributed by atoms with E-state index in [1.165, 1.54) is 0 Å². The molecule has 0 aliphatic rings. The van der Waals surface area contributed by atoms with Crippen molar-refractivity contribution < 1.29 is 9.90 Å². The van der Waals surface area contributed by atoms with E-state index in [1.807, 2.05) is 26.0 Å². The van der Waals surface area contributed by atoms with Crippen LogP contribution in [0.3, 0.4) is 0 Å². The van der Waals surface area contributed by atoms with Gasteiger partial charge in [0.25, 0.3) is 0 Å². The third-order valence-electron chi connectivity index (χ3n) is 3.23. The van der Waals surface area contributed by atoms with E-state index in [2.05, 4.69) is 15.0 Å². The van der Waals surface area contributed by atoms with Crippen LogP contribution in [0.5, 0.6) is 0 Å². The molecule has 0 radical (unpaired) electrons. The van der Waals surface area contributed by atoms with Crippen LogP contribution in [-0.2, 0) is 0 Å². The second kappa shape index (κ2) is 4.94. The van der Waals surface area contributed by atoms with Gasteiger partial charge in [-0.3, -0.25) is 4.98 Å². The molecule has 0 saturated carbocycles. The van der Waals surface area contributed by atoms with Gasteiger partial charge in [-0.1, -0.05) is 17.7 Å². The largest absolute Gasteiger partial charge is 0.476 e. The number of hydrogen-bond acceptors (Lipinski definition) is 4. The Labute approximate surface area is 121 Å². The Kier molecular flexibility index (Phi) is 3.10. The first-order chi connectivity index (χ1) is 10.1. The van der Waals surface area contributed by atoms with E-state index in [0.717, 1.165) is 11.1 Å². The Morgan fingerprint density at radius 3 is 2.62 bits per heavy atom. The zero-order valence-corrected chi connectivity index (χ0v) is 11.7. The van der Waals surface area contributed by atoms with Crippen molar-refractivity contribution in [1.82, 2.24) is 15.0 Å². The van der Waals surface area contributed by atoms with E-state index in [9.17, 15) is 9.90 Å². The number of aromatic carboxylic acids is 1. The van der Waals surface area contributed by atoms with E-state index < -0.39 is 5.97 Å². The summed E-state index contributed by atoms with van der Waals surface area (Å²) in [4.78, 5) is 24.4. The van der Waals surface area contributed by atoms with Crippen LogP contribution < -0.4 is 0 Å². The lowest BCUT2D eigenvalue weighted by molar-refractivity contribution is 0.0693. The van der Waals surface area contributed by atoms with Crippen LogP contribution in [0.2, 0.25) is 0 Å². The van der Waals surface area contributed by atoms with Crippen LogP contribution in [0.1, 0.15) is 21.6 Å². The van der Waals surface area contributed by atoms with Crippen LogP contribution in [-0.4, -0.2) is 26.0 Å². The predicted octanol–water partition coefficient (Wildman–Crippen LogP) is 3.01. The highest BCUT2D eigenvalue weighted by atomic mass is 16.4. The Bertz CT molecular complexity index is 845. The van der Waals surface area contributed by atoms with Gasteiger partial charge in [0, 0.05) is 11.6 Å². The fourth-order valence-corrected chi connectivity index (χ4v) is 2.36. The molecule has 2 aromatic heterocycles. The number of fused-ring (bicyclic) bond motifs is 1. The van der Waals surface area contributed by atoms with Gasteiger partial charge >= 0.3 is 5.97 Å². The highest BCUT2D eigenvalue weighted by Gasteiger charge is 2.16. The van der Waals surface area contributed by atoms with Gasteiger partial charge in [0.2, 0.25) is 0 Å². The number of carbonyl (C=O) groups is 1. The number of aryl methyl sites for hydroxylation is 2. The Morgan fingerprint density at radius 2 is 1.95 bits per heavy atom. The van der Waals surface area contributed by atoms with Crippen molar-refractivity contribution in [3.63, 3.8) is 0 Å². The van der Waals surface area contributed by atoms with Crippen molar-refractivity contribution in [2.24, 2.45) is 0 Å². The Balaban J connectivity index is 2.38. The highest BCUT2D eigenvalue weighted by molar-refractivity contribution is 6.02. The van der Waals surface area contributed by atoms with Crippen molar-refractivity contribution in [2.45, 2.75) is 13.8 Å². The van der Waals surface area contributed by atoms with Gasteiger partial charge in [-0.15, -0.1) is 0 Å². The van der Waals surface area contributed by atoms with Gasteiger partial charge in [0.1, 0.15) is 5.69 Å². The molecule has 0 amide bonds. The zero-order chi connectivity index (χ0) is 15.0. The third kappa shape index (κ3) is 2.33. The first-order valence-electron chi connectivity index (χ1n) is 6.50. The summed E-state index contributed by atoms with van der Waals surface area (Å²) in [6.45, 7) is 3.83. The second-order valence-corrected chi connectivity index (χ2v) is 4.89. The van der Waals surface area contributed by atoms with Crippen LogP contribution in [0, 0.1) is 13.8 Å². The lowest BCUT2D eigenvalue weighted by Crippen LogP contribution is -2.06. The van der Waals surface area contributed by atoms with Crippen molar-refractivity contribution in [2.75, 3.05) is 0 Å².